The molecule has 1 saturated carbocycles. The Bertz CT molecular complexity index is 603. The first kappa shape index (κ1) is 23.2. The lowest BCUT2D eigenvalue weighted by molar-refractivity contribution is -0.192. The van der Waals surface area contributed by atoms with Crippen LogP contribution in [0.1, 0.15) is 37.3 Å². The van der Waals surface area contributed by atoms with Gasteiger partial charge in [0.25, 0.3) is 0 Å². The number of carbonyl (C=O) groups is 1. The number of ether oxygens (including phenoxy) is 1. The van der Waals surface area contributed by atoms with Gasteiger partial charge in [-0.2, -0.15) is 13.2 Å². The second kappa shape index (κ2) is 10.5. The molecule has 1 aromatic rings. The van der Waals surface area contributed by atoms with Crippen molar-refractivity contribution in [2.45, 2.75) is 58.4 Å². The summed E-state index contributed by atoms with van der Waals surface area (Å²) in [6.45, 7) is 7.23. The minimum Gasteiger partial charge on any atom is -0.491 e. The van der Waals surface area contributed by atoms with Crippen LogP contribution >= 0.6 is 0 Å². The molecule has 3 N–H and O–H groups in total. The van der Waals surface area contributed by atoms with Crippen LogP contribution in [0.15, 0.2) is 18.2 Å². The Labute approximate surface area is 157 Å². The number of aliphatic hydroxyl groups excluding tert-OH is 1. The van der Waals surface area contributed by atoms with Gasteiger partial charge in [-0.15, -0.1) is 0 Å². The average molecular weight is 391 g/mol. The van der Waals surface area contributed by atoms with Gasteiger partial charge in [-0.05, 0) is 44.7 Å². The molecule has 2 atom stereocenters. The maximum absolute atomic E-state index is 10.6. The average Bonchev–Trinajstić information content (AvgIpc) is 3.35. The minimum absolute atomic E-state index is 0.340. The van der Waals surface area contributed by atoms with Crippen LogP contribution in [0.3, 0.4) is 0 Å². The Morgan fingerprint density at radius 2 is 1.93 bits per heavy atom. The normalized spacial score (nSPS) is 16.1. The number of nitrogens with one attached hydrogen (secondary N) is 1. The number of aliphatic carboxylic acids is 1. The van der Waals surface area contributed by atoms with Crippen molar-refractivity contribution in [2.75, 3.05) is 13.2 Å². The third-order valence-electron chi connectivity index (χ3n) is 4.09. The summed E-state index contributed by atoms with van der Waals surface area (Å²) in [6, 6.07) is 6.58. The van der Waals surface area contributed by atoms with Crippen molar-refractivity contribution in [1.82, 2.24) is 5.32 Å². The SMILES string of the molecule is Cc1ccc(OCC(O)CNC(C)CC2CC2)c(C)c1.O=C(O)C(F)(F)F. The summed E-state index contributed by atoms with van der Waals surface area (Å²) < 4.78 is 37.4. The number of carboxylic acids is 1. The maximum atomic E-state index is 10.6. The lowest BCUT2D eigenvalue weighted by atomic mass is 10.1. The number of aryl methyl sites for hydroxylation is 2. The molecule has 0 amide bonds. The first-order valence-corrected chi connectivity index (χ1v) is 8.90. The molecule has 154 valence electrons. The van der Waals surface area contributed by atoms with Crippen molar-refractivity contribution in [3.63, 3.8) is 0 Å². The predicted molar refractivity (Wildman–Crippen MR) is 95.9 cm³/mol. The van der Waals surface area contributed by atoms with Crippen molar-refractivity contribution in [3.8, 4) is 5.75 Å². The van der Waals surface area contributed by atoms with Gasteiger partial charge in [0.2, 0.25) is 0 Å². The van der Waals surface area contributed by atoms with E-state index in [1.807, 2.05) is 19.1 Å². The van der Waals surface area contributed by atoms with Gasteiger partial charge < -0.3 is 20.3 Å². The summed E-state index contributed by atoms with van der Waals surface area (Å²) in [4.78, 5) is 8.90. The highest BCUT2D eigenvalue weighted by Crippen LogP contribution is 2.33. The van der Waals surface area contributed by atoms with Crippen LogP contribution < -0.4 is 10.1 Å². The first-order chi connectivity index (χ1) is 12.5. The van der Waals surface area contributed by atoms with Gasteiger partial charge in [0.15, 0.2) is 0 Å². The quantitative estimate of drug-likeness (QED) is 0.633. The van der Waals surface area contributed by atoms with Crippen LogP contribution in [0.2, 0.25) is 0 Å². The fourth-order valence-electron chi connectivity index (χ4n) is 2.48. The number of alkyl halides is 3. The van der Waals surface area contributed by atoms with Crippen LogP contribution in [0.4, 0.5) is 13.2 Å². The standard InChI is InChI=1S/C17H27NO2.C2HF3O2/c1-12-4-7-17(13(2)8-12)20-11-16(19)10-18-14(3)9-15-5-6-15;3-2(4,5)1(6)7/h4,7-8,14-16,18-19H,5-6,9-11H2,1-3H3;(H,6,7). The zero-order valence-electron chi connectivity index (χ0n) is 15.8. The minimum atomic E-state index is -5.08. The monoisotopic (exact) mass is 391 g/mol. The zero-order valence-corrected chi connectivity index (χ0v) is 15.8. The van der Waals surface area contributed by atoms with Crippen LogP contribution in [-0.4, -0.2) is 47.7 Å². The summed E-state index contributed by atoms with van der Waals surface area (Å²) in [5.41, 5.74) is 2.35. The molecular formula is C19H28F3NO4. The lowest BCUT2D eigenvalue weighted by Crippen LogP contribution is -2.36. The van der Waals surface area contributed by atoms with E-state index in [0.29, 0.717) is 19.2 Å². The van der Waals surface area contributed by atoms with Gasteiger partial charge in [-0.25, -0.2) is 4.79 Å². The molecule has 1 fully saturated rings. The highest BCUT2D eigenvalue weighted by atomic mass is 19.4. The van der Waals surface area contributed by atoms with Crippen LogP contribution in [0, 0.1) is 19.8 Å². The van der Waals surface area contributed by atoms with Gasteiger partial charge in [-0.3, -0.25) is 0 Å². The molecule has 0 radical (unpaired) electrons. The third kappa shape index (κ3) is 10.2. The van der Waals surface area contributed by atoms with Crippen molar-refractivity contribution in [2.24, 2.45) is 5.92 Å². The second-order valence-corrected chi connectivity index (χ2v) is 7.03. The molecule has 5 nitrogen and oxygen atoms in total. The summed E-state index contributed by atoms with van der Waals surface area (Å²) in [6.07, 6.45) is -1.56. The van der Waals surface area contributed by atoms with Gasteiger partial charge >= 0.3 is 12.1 Å². The molecule has 0 heterocycles. The molecule has 0 bridgehead atoms. The topological polar surface area (TPSA) is 78.8 Å². The van der Waals surface area contributed by atoms with E-state index >= 15 is 0 Å². The number of carboxylic acid groups (broad SMARTS) is 1. The molecular weight excluding hydrogens is 363 g/mol. The van der Waals surface area contributed by atoms with Crippen molar-refractivity contribution < 1.29 is 32.9 Å². The largest absolute Gasteiger partial charge is 0.491 e. The van der Waals surface area contributed by atoms with E-state index in [4.69, 9.17) is 14.6 Å². The molecule has 1 aliphatic carbocycles. The first-order valence-electron chi connectivity index (χ1n) is 8.90. The van der Waals surface area contributed by atoms with Gasteiger partial charge in [0, 0.05) is 12.6 Å². The Balaban J connectivity index is 0.000000445. The summed E-state index contributed by atoms with van der Waals surface area (Å²) >= 11 is 0. The molecule has 1 aromatic carbocycles. The van der Waals surface area contributed by atoms with E-state index in [1.165, 1.54) is 24.8 Å². The molecule has 2 unspecified atom stereocenters. The van der Waals surface area contributed by atoms with Crippen LogP contribution in [0.5, 0.6) is 5.75 Å². The van der Waals surface area contributed by atoms with E-state index < -0.39 is 18.2 Å². The Hall–Kier alpha value is -1.80. The lowest BCUT2D eigenvalue weighted by Gasteiger charge is -2.18. The van der Waals surface area contributed by atoms with Crippen molar-refractivity contribution in [3.05, 3.63) is 29.3 Å². The maximum Gasteiger partial charge on any atom is 0.490 e. The van der Waals surface area contributed by atoms with Gasteiger partial charge in [-0.1, -0.05) is 30.5 Å². The molecule has 27 heavy (non-hydrogen) atoms. The van der Waals surface area contributed by atoms with E-state index in [9.17, 15) is 18.3 Å². The number of rotatable bonds is 8. The van der Waals surface area contributed by atoms with Crippen molar-refractivity contribution >= 4 is 5.97 Å². The number of halogens is 3. The molecule has 2 rings (SSSR count). The highest BCUT2D eigenvalue weighted by Gasteiger charge is 2.38. The fraction of sp³-hybridized carbons (Fsp3) is 0.632. The van der Waals surface area contributed by atoms with Crippen molar-refractivity contribution in [1.29, 1.82) is 0 Å². The van der Waals surface area contributed by atoms with Crippen LogP contribution in [-0.2, 0) is 4.79 Å². The van der Waals surface area contributed by atoms with Gasteiger partial charge in [0.05, 0.1) is 0 Å². The van der Waals surface area contributed by atoms with E-state index in [0.717, 1.165) is 17.2 Å². The van der Waals surface area contributed by atoms with E-state index in [2.05, 4.69) is 25.2 Å². The molecule has 0 spiro atoms. The third-order valence-corrected chi connectivity index (χ3v) is 4.09. The molecule has 0 saturated heterocycles. The second-order valence-electron chi connectivity index (χ2n) is 7.03. The van der Waals surface area contributed by atoms with Crippen LogP contribution in [0.25, 0.3) is 0 Å². The molecule has 0 aliphatic heterocycles. The molecule has 0 aromatic heterocycles. The Kier molecular flexibility index (Phi) is 9.05. The summed E-state index contributed by atoms with van der Waals surface area (Å²) in [7, 11) is 0. The fourth-order valence-corrected chi connectivity index (χ4v) is 2.48. The summed E-state index contributed by atoms with van der Waals surface area (Å²) in [5, 5.41) is 20.5. The molecule has 1 aliphatic rings. The van der Waals surface area contributed by atoms with E-state index in [-0.39, 0.29) is 0 Å². The summed E-state index contributed by atoms with van der Waals surface area (Å²) in [5.74, 6) is -0.978. The van der Waals surface area contributed by atoms with Gasteiger partial charge in [0.1, 0.15) is 18.5 Å². The Morgan fingerprint density at radius 1 is 1.33 bits per heavy atom. The number of benzene rings is 1. The smallest absolute Gasteiger partial charge is 0.490 e. The number of hydrogen-bond acceptors (Lipinski definition) is 4. The highest BCUT2D eigenvalue weighted by molar-refractivity contribution is 5.73. The molecule has 8 heteroatoms. The predicted octanol–water partition coefficient (Wildman–Crippen LogP) is 3.45. The Morgan fingerprint density at radius 3 is 2.41 bits per heavy atom. The number of aliphatic hydroxyl groups is 1. The zero-order chi connectivity index (χ0) is 20.6. The number of hydrogen-bond donors (Lipinski definition) is 3. The van der Waals surface area contributed by atoms with E-state index in [1.54, 1.807) is 0 Å².